The van der Waals surface area contributed by atoms with Gasteiger partial charge in [0, 0.05) is 27.5 Å². The fourth-order valence-electron chi connectivity index (χ4n) is 2.86. The number of carbonyl (C=O) groups is 1. The van der Waals surface area contributed by atoms with E-state index in [1.165, 1.54) is 18.2 Å². The fourth-order valence-corrected chi connectivity index (χ4v) is 3.96. The second-order valence-corrected chi connectivity index (χ2v) is 7.05. The van der Waals surface area contributed by atoms with Crippen LogP contribution in [0.4, 0.5) is 26.2 Å². The third-order valence-corrected chi connectivity index (χ3v) is 5.35. The Hall–Kier alpha value is -3.03. The van der Waals surface area contributed by atoms with Crippen LogP contribution in [0, 0.1) is 5.82 Å². The summed E-state index contributed by atoms with van der Waals surface area (Å²) >= 11 is 1.59. The Morgan fingerprint density at radius 2 is 1.70 bits per heavy atom. The van der Waals surface area contributed by atoms with Crippen LogP contribution in [0.2, 0.25) is 0 Å². The average Bonchev–Trinajstić information content (AvgIpc) is 2.99. The predicted molar refractivity (Wildman–Crippen MR) is 107 cm³/mol. The maximum atomic E-state index is 13.2. The number of halogens is 1. The Morgan fingerprint density at radius 1 is 0.963 bits per heavy atom. The van der Waals surface area contributed by atoms with E-state index in [1.54, 1.807) is 30.1 Å². The molecule has 1 aliphatic rings. The van der Waals surface area contributed by atoms with E-state index in [0.29, 0.717) is 11.4 Å². The molecule has 0 aliphatic carbocycles. The molecule has 0 fully saturated rings. The van der Waals surface area contributed by atoms with Gasteiger partial charge in [0.2, 0.25) is 0 Å². The predicted octanol–water partition coefficient (Wildman–Crippen LogP) is 4.95. The summed E-state index contributed by atoms with van der Waals surface area (Å²) in [4.78, 5) is 13.2. The zero-order chi connectivity index (χ0) is 18.8. The number of nitrogens with two attached hydrogens (primary N) is 1. The number of hydrogen-bond donors (Lipinski definition) is 3. The highest BCUT2D eigenvalue weighted by Gasteiger charge is 2.28. The number of amides is 2. The molecule has 1 unspecified atom stereocenters. The lowest BCUT2D eigenvalue weighted by atomic mass is 10.1. The number of carbonyl (C=O) groups excluding carboxylic acids is 1. The number of rotatable bonds is 3. The lowest BCUT2D eigenvalue weighted by Crippen LogP contribution is -2.24. The van der Waals surface area contributed by atoms with Crippen molar-refractivity contribution >= 4 is 35.0 Å². The number of nitrogens with zero attached hydrogens (tertiary/aromatic N) is 1. The van der Waals surface area contributed by atoms with Crippen LogP contribution in [0.3, 0.4) is 0 Å². The Labute approximate surface area is 160 Å². The maximum absolute atomic E-state index is 13.2. The van der Waals surface area contributed by atoms with Crippen LogP contribution in [0.5, 0.6) is 0 Å². The molecule has 2 amide bonds. The molecule has 136 valence electrons. The van der Waals surface area contributed by atoms with Crippen molar-refractivity contribution in [2.24, 2.45) is 5.73 Å². The summed E-state index contributed by atoms with van der Waals surface area (Å²) in [5.74, 6) is -0.405. The zero-order valence-electron chi connectivity index (χ0n) is 14.2. The van der Waals surface area contributed by atoms with Gasteiger partial charge in [-0.3, -0.25) is 4.31 Å². The molecule has 3 aromatic rings. The molecule has 0 saturated heterocycles. The molecule has 0 saturated carbocycles. The Kier molecular flexibility index (Phi) is 4.70. The molecular weight excluding hydrogens is 363 g/mol. The Morgan fingerprint density at radius 3 is 2.44 bits per heavy atom. The van der Waals surface area contributed by atoms with Crippen LogP contribution in [0.1, 0.15) is 11.7 Å². The minimum Gasteiger partial charge on any atom is -0.308 e. The van der Waals surface area contributed by atoms with Crippen molar-refractivity contribution in [2.75, 3.05) is 14.9 Å². The molecule has 5 nitrogen and oxygen atoms in total. The first-order chi connectivity index (χ1) is 13.1. The number of benzene rings is 3. The third-order valence-electron chi connectivity index (χ3n) is 4.15. The van der Waals surface area contributed by atoms with Crippen LogP contribution in [0.15, 0.2) is 77.7 Å². The van der Waals surface area contributed by atoms with Gasteiger partial charge in [0.15, 0.2) is 0 Å². The minimum absolute atomic E-state index is 0.221. The van der Waals surface area contributed by atoms with Gasteiger partial charge in [0.05, 0.1) is 0 Å². The molecule has 0 aromatic heterocycles. The summed E-state index contributed by atoms with van der Waals surface area (Å²) in [5.41, 5.74) is 9.39. The van der Waals surface area contributed by atoms with E-state index in [1.807, 2.05) is 40.7 Å². The summed E-state index contributed by atoms with van der Waals surface area (Å²) < 4.78 is 15.2. The molecule has 4 N–H and O–H groups in total. The van der Waals surface area contributed by atoms with Crippen LogP contribution in [0.25, 0.3) is 0 Å². The van der Waals surface area contributed by atoms with E-state index in [-0.39, 0.29) is 6.17 Å². The van der Waals surface area contributed by atoms with Crippen molar-refractivity contribution in [3.8, 4) is 0 Å². The normalized spacial score (nSPS) is 15.3. The van der Waals surface area contributed by atoms with Crippen molar-refractivity contribution in [3.05, 3.63) is 84.2 Å². The highest BCUT2D eigenvalue weighted by Crippen LogP contribution is 2.44. The van der Waals surface area contributed by atoms with Crippen LogP contribution < -0.4 is 20.7 Å². The van der Waals surface area contributed by atoms with Gasteiger partial charge in [0.25, 0.3) is 0 Å². The number of hydrogen-bond acceptors (Lipinski definition) is 4. The molecule has 3 aromatic carbocycles. The smallest absolute Gasteiger partial charge is 0.308 e. The van der Waals surface area contributed by atoms with Gasteiger partial charge in [-0.25, -0.2) is 9.18 Å². The maximum Gasteiger partial charge on any atom is 0.323 e. The SMILES string of the molecule is NC1c2ccccc2SN1c1ccc(NC(=O)Nc2cccc(F)c2)cc1. The van der Waals surface area contributed by atoms with Gasteiger partial charge in [0.1, 0.15) is 12.0 Å². The third kappa shape index (κ3) is 3.74. The van der Waals surface area contributed by atoms with Crippen molar-refractivity contribution in [1.82, 2.24) is 0 Å². The molecule has 1 aliphatic heterocycles. The lowest BCUT2D eigenvalue weighted by molar-refractivity contribution is 0.262. The molecule has 0 spiro atoms. The van der Waals surface area contributed by atoms with Crippen LogP contribution in [-0.4, -0.2) is 6.03 Å². The number of anilines is 3. The van der Waals surface area contributed by atoms with E-state index < -0.39 is 11.8 Å². The number of urea groups is 1. The summed E-state index contributed by atoms with van der Waals surface area (Å²) in [5, 5.41) is 5.32. The summed E-state index contributed by atoms with van der Waals surface area (Å²) in [6, 6.07) is 20.7. The van der Waals surface area contributed by atoms with Gasteiger partial charge >= 0.3 is 6.03 Å². The summed E-state index contributed by atoms with van der Waals surface area (Å²) in [6.45, 7) is 0. The van der Waals surface area contributed by atoms with Crippen molar-refractivity contribution in [2.45, 2.75) is 11.1 Å². The van der Waals surface area contributed by atoms with Gasteiger partial charge in [-0.1, -0.05) is 24.3 Å². The molecule has 27 heavy (non-hydrogen) atoms. The molecule has 1 atom stereocenters. The zero-order valence-corrected chi connectivity index (χ0v) is 15.0. The molecule has 0 radical (unpaired) electrons. The van der Waals surface area contributed by atoms with Crippen LogP contribution in [-0.2, 0) is 0 Å². The topological polar surface area (TPSA) is 70.4 Å². The van der Waals surface area contributed by atoms with E-state index in [4.69, 9.17) is 5.73 Å². The summed E-state index contributed by atoms with van der Waals surface area (Å²) in [6.07, 6.45) is -0.221. The van der Waals surface area contributed by atoms with E-state index >= 15 is 0 Å². The van der Waals surface area contributed by atoms with Gasteiger partial charge in [-0.05, 0) is 60.5 Å². The standard InChI is InChI=1S/C20H17FN4OS/c21-13-4-3-5-15(12-13)24-20(26)23-14-8-10-16(11-9-14)25-19(22)17-6-1-2-7-18(17)27-25/h1-12,19H,22H2,(H2,23,24,26). The monoisotopic (exact) mass is 380 g/mol. The molecule has 1 heterocycles. The van der Waals surface area contributed by atoms with Crippen molar-refractivity contribution < 1.29 is 9.18 Å². The second-order valence-electron chi connectivity index (χ2n) is 6.04. The lowest BCUT2D eigenvalue weighted by Gasteiger charge is -2.22. The first-order valence-corrected chi connectivity index (χ1v) is 9.13. The number of fused-ring (bicyclic) bond motifs is 1. The fraction of sp³-hybridized carbons (Fsp3) is 0.0500. The van der Waals surface area contributed by atoms with Crippen molar-refractivity contribution in [1.29, 1.82) is 0 Å². The Balaban J connectivity index is 1.42. The first-order valence-electron chi connectivity index (χ1n) is 8.35. The van der Waals surface area contributed by atoms with E-state index in [0.717, 1.165) is 16.1 Å². The van der Waals surface area contributed by atoms with Gasteiger partial charge < -0.3 is 16.4 Å². The molecule has 7 heteroatoms. The Bertz CT molecular complexity index is 980. The van der Waals surface area contributed by atoms with Gasteiger partial charge in [-0.2, -0.15) is 0 Å². The quantitative estimate of drug-likeness (QED) is 0.562. The molecule has 0 bridgehead atoms. The average molecular weight is 380 g/mol. The van der Waals surface area contributed by atoms with Crippen molar-refractivity contribution in [3.63, 3.8) is 0 Å². The highest BCUT2D eigenvalue weighted by molar-refractivity contribution is 8.01. The number of nitrogens with one attached hydrogen (secondary N) is 2. The largest absolute Gasteiger partial charge is 0.323 e. The summed E-state index contributed by atoms with van der Waals surface area (Å²) in [7, 11) is 0. The molecular formula is C20H17FN4OS. The van der Waals surface area contributed by atoms with E-state index in [2.05, 4.69) is 10.6 Å². The van der Waals surface area contributed by atoms with Gasteiger partial charge in [-0.15, -0.1) is 0 Å². The van der Waals surface area contributed by atoms with Crippen LogP contribution >= 0.6 is 11.9 Å². The van der Waals surface area contributed by atoms with E-state index in [9.17, 15) is 9.18 Å². The highest BCUT2D eigenvalue weighted by atomic mass is 32.2. The minimum atomic E-state index is -0.437. The molecule has 4 rings (SSSR count). The second kappa shape index (κ2) is 7.30. The first kappa shape index (κ1) is 17.4.